The van der Waals surface area contributed by atoms with E-state index in [1.807, 2.05) is 0 Å². The molecular weight excluding hydrogens is 206 g/mol. The van der Waals surface area contributed by atoms with E-state index in [1.54, 1.807) is 0 Å². The van der Waals surface area contributed by atoms with E-state index in [-0.39, 0.29) is 0 Å². The van der Waals surface area contributed by atoms with Crippen molar-refractivity contribution >= 4 is 5.71 Å². The van der Waals surface area contributed by atoms with Crippen molar-refractivity contribution in [3.05, 3.63) is 35.9 Å². The van der Waals surface area contributed by atoms with Crippen LogP contribution in [0.5, 0.6) is 0 Å². The Kier molecular flexibility index (Phi) is 3.37. The first-order chi connectivity index (χ1) is 7.98. The Balaban J connectivity index is 2.22. The molecule has 1 aromatic carbocycles. The Morgan fingerprint density at radius 2 is 1.76 bits per heavy atom. The molecule has 1 nitrogen and oxygen atoms in total. The van der Waals surface area contributed by atoms with Crippen molar-refractivity contribution in [1.82, 2.24) is 0 Å². The minimum atomic E-state index is 0.427. The average Bonchev–Trinajstić information content (AvgIpc) is 2.29. The largest absolute Gasteiger partial charge is 0.235 e. The van der Waals surface area contributed by atoms with E-state index in [4.69, 9.17) is 0 Å². The number of nitrogens with zero attached hydrogens (tertiary/aromatic N) is 1. The van der Waals surface area contributed by atoms with Crippen molar-refractivity contribution in [3.63, 3.8) is 0 Å². The Morgan fingerprint density at radius 3 is 2.29 bits per heavy atom. The normalized spacial score (nSPS) is 21.8. The first-order valence-corrected chi connectivity index (χ1v) is 6.61. The van der Waals surface area contributed by atoms with Gasteiger partial charge in [-0.3, -0.25) is 0 Å². The summed E-state index contributed by atoms with van der Waals surface area (Å²) in [4.78, 5) is 0. The molecule has 0 bridgehead atoms. The van der Waals surface area contributed by atoms with E-state index >= 15 is 0 Å². The minimum Gasteiger partial charge on any atom is -0.235 e. The molecule has 1 aromatic rings. The van der Waals surface area contributed by atoms with Gasteiger partial charge in [0.15, 0.2) is 5.71 Å². The molecule has 0 radical (unpaired) electrons. The van der Waals surface area contributed by atoms with Crippen LogP contribution in [0.3, 0.4) is 0 Å². The Hall–Kier alpha value is -1.11. The summed E-state index contributed by atoms with van der Waals surface area (Å²) in [7, 11) is 2.24. The lowest BCUT2D eigenvalue weighted by Gasteiger charge is -2.31. The van der Waals surface area contributed by atoms with Crippen molar-refractivity contribution in [2.24, 2.45) is 11.3 Å². The lowest BCUT2D eigenvalue weighted by molar-refractivity contribution is -0.514. The summed E-state index contributed by atoms with van der Waals surface area (Å²) >= 11 is 0. The van der Waals surface area contributed by atoms with Crippen LogP contribution < -0.4 is 0 Å². The fraction of sp³-hybridized carbons (Fsp3) is 0.562. The van der Waals surface area contributed by atoms with E-state index in [9.17, 15) is 0 Å². The van der Waals surface area contributed by atoms with Gasteiger partial charge in [0.1, 0.15) is 13.6 Å². The molecule has 1 heteroatoms. The van der Waals surface area contributed by atoms with Gasteiger partial charge in [0.05, 0.1) is 0 Å². The van der Waals surface area contributed by atoms with Gasteiger partial charge in [-0.15, -0.1) is 0 Å². The molecule has 1 heterocycles. The van der Waals surface area contributed by atoms with Crippen molar-refractivity contribution in [3.8, 4) is 0 Å². The van der Waals surface area contributed by atoms with E-state index in [0.29, 0.717) is 5.41 Å². The van der Waals surface area contributed by atoms with E-state index in [2.05, 4.69) is 62.7 Å². The zero-order chi connectivity index (χ0) is 12.5. The maximum absolute atomic E-state index is 2.45. The van der Waals surface area contributed by atoms with Crippen molar-refractivity contribution in [1.29, 1.82) is 0 Å². The third-order valence-corrected chi connectivity index (χ3v) is 4.02. The highest BCUT2D eigenvalue weighted by Crippen LogP contribution is 2.32. The second kappa shape index (κ2) is 4.64. The van der Waals surface area contributed by atoms with E-state index < -0.39 is 0 Å². The zero-order valence-corrected chi connectivity index (χ0v) is 11.5. The van der Waals surface area contributed by atoms with Crippen LogP contribution in [-0.2, 0) is 0 Å². The predicted molar refractivity (Wildman–Crippen MR) is 73.8 cm³/mol. The molecule has 1 unspecified atom stereocenters. The van der Waals surface area contributed by atoms with Gasteiger partial charge in [0.25, 0.3) is 0 Å². The SMILES string of the molecule is C[N+]1=C(c2ccccc2)CCC(C(C)(C)C)C1. The molecule has 0 aromatic heterocycles. The van der Waals surface area contributed by atoms with Gasteiger partial charge in [0.2, 0.25) is 0 Å². The lowest BCUT2D eigenvalue weighted by atomic mass is 9.76. The van der Waals surface area contributed by atoms with Gasteiger partial charge < -0.3 is 0 Å². The third kappa shape index (κ3) is 2.77. The fourth-order valence-electron chi connectivity index (χ4n) is 2.74. The second-order valence-corrected chi connectivity index (χ2v) is 6.29. The van der Waals surface area contributed by atoms with Gasteiger partial charge in [-0.25, -0.2) is 4.58 Å². The molecule has 0 saturated carbocycles. The highest BCUT2D eigenvalue weighted by Gasteiger charge is 2.33. The number of rotatable bonds is 1. The van der Waals surface area contributed by atoms with Crippen LogP contribution in [0.4, 0.5) is 0 Å². The average molecular weight is 230 g/mol. The summed E-state index contributed by atoms with van der Waals surface area (Å²) in [6.07, 6.45) is 2.53. The molecule has 92 valence electrons. The minimum absolute atomic E-state index is 0.427. The number of benzene rings is 1. The molecule has 0 amide bonds. The van der Waals surface area contributed by atoms with Crippen LogP contribution in [-0.4, -0.2) is 23.9 Å². The summed E-state index contributed by atoms with van der Waals surface area (Å²) in [6.45, 7) is 8.27. The summed E-state index contributed by atoms with van der Waals surface area (Å²) < 4.78 is 2.45. The number of hydrogen-bond acceptors (Lipinski definition) is 0. The lowest BCUT2D eigenvalue weighted by Crippen LogP contribution is -2.36. The molecule has 17 heavy (non-hydrogen) atoms. The monoisotopic (exact) mass is 230 g/mol. The smallest absolute Gasteiger partial charge is 0.183 e. The Labute approximate surface area is 105 Å². The predicted octanol–water partition coefficient (Wildman–Crippen LogP) is 3.57. The van der Waals surface area contributed by atoms with Gasteiger partial charge in [-0.1, -0.05) is 39.0 Å². The van der Waals surface area contributed by atoms with E-state index in [1.165, 1.54) is 30.7 Å². The molecule has 1 atom stereocenters. The fourth-order valence-corrected chi connectivity index (χ4v) is 2.74. The van der Waals surface area contributed by atoms with Crippen molar-refractivity contribution in [2.45, 2.75) is 33.6 Å². The van der Waals surface area contributed by atoms with Gasteiger partial charge in [-0.2, -0.15) is 0 Å². The molecule has 0 N–H and O–H groups in total. The van der Waals surface area contributed by atoms with Crippen LogP contribution in [0.1, 0.15) is 39.2 Å². The molecule has 1 aliphatic heterocycles. The molecule has 1 aliphatic rings. The quantitative estimate of drug-likeness (QED) is 0.649. The van der Waals surface area contributed by atoms with Crippen LogP contribution in [0.2, 0.25) is 0 Å². The standard InChI is InChI=1S/C16H24N/c1-16(2,3)14-10-11-15(17(4)12-14)13-8-6-5-7-9-13/h5-9,14H,10-12H2,1-4H3/q+1. The zero-order valence-electron chi connectivity index (χ0n) is 11.5. The number of hydrogen-bond donors (Lipinski definition) is 0. The summed E-state index contributed by atoms with van der Waals surface area (Å²) in [5.41, 5.74) is 3.32. The first kappa shape index (κ1) is 12.3. The molecule has 0 aliphatic carbocycles. The van der Waals surface area contributed by atoms with Crippen molar-refractivity contribution in [2.75, 3.05) is 13.6 Å². The maximum Gasteiger partial charge on any atom is 0.183 e. The summed E-state index contributed by atoms with van der Waals surface area (Å²) in [5.74, 6) is 0.806. The molecule has 0 saturated heterocycles. The topological polar surface area (TPSA) is 3.01 Å². The highest BCUT2D eigenvalue weighted by atomic mass is 15.0. The van der Waals surface area contributed by atoms with Crippen LogP contribution in [0.25, 0.3) is 0 Å². The van der Waals surface area contributed by atoms with Crippen LogP contribution >= 0.6 is 0 Å². The summed E-state index contributed by atoms with van der Waals surface area (Å²) in [6, 6.07) is 10.8. The second-order valence-electron chi connectivity index (χ2n) is 6.29. The van der Waals surface area contributed by atoms with E-state index in [0.717, 1.165) is 5.92 Å². The molecule has 0 fully saturated rings. The van der Waals surface area contributed by atoms with Gasteiger partial charge in [0, 0.05) is 17.9 Å². The maximum atomic E-state index is 2.45. The highest BCUT2D eigenvalue weighted by molar-refractivity contribution is 5.97. The van der Waals surface area contributed by atoms with Gasteiger partial charge >= 0.3 is 0 Å². The van der Waals surface area contributed by atoms with Crippen LogP contribution in [0.15, 0.2) is 30.3 Å². The third-order valence-electron chi connectivity index (χ3n) is 4.02. The van der Waals surface area contributed by atoms with Crippen molar-refractivity contribution < 1.29 is 4.58 Å². The molecule has 2 rings (SSSR count). The Morgan fingerprint density at radius 1 is 1.12 bits per heavy atom. The summed E-state index contributed by atoms with van der Waals surface area (Å²) in [5, 5.41) is 0. The van der Waals surface area contributed by atoms with Crippen LogP contribution in [0, 0.1) is 11.3 Å². The van der Waals surface area contributed by atoms with Gasteiger partial charge in [-0.05, 0) is 24.0 Å². The first-order valence-electron chi connectivity index (χ1n) is 6.61. The molecule has 0 spiro atoms. The molecular formula is C16H24N+. The Bertz CT molecular complexity index is 409.